The number of nitriles is 1. The summed E-state index contributed by atoms with van der Waals surface area (Å²) in [5.41, 5.74) is 4.22. The number of hydrogen-bond acceptors (Lipinski definition) is 2. The molecule has 0 radical (unpaired) electrons. The summed E-state index contributed by atoms with van der Waals surface area (Å²) in [4.78, 5) is 0. The minimum Gasteiger partial charge on any atom is -0.266 e. The van der Waals surface area contributed by atoms with Gasteiger partial charge in [0.1, 0.15) is 0 Å². The van der Waals surface area contributed by atoms with Gasteiger partial charge in [0.15, 0.2) is 0 Å². The topological polar surface area (TPSA) is 41.6 Å². The molecular formula is C19H29N3. The highest BCUT2D eigenvalue weighted by Gasteiger charge is 2.34. The summed E-state index contributed by atoms with van der Waals surface area (Å²) < 4.78 is 2.39. The molecule has 1 atom stereocenters. The summed E-state index contributed by atoms with van der Waals surface area (Å²) >= 11 is 0. The summed E-state index contributed by atoms with van der Waals surface area (Å²) in [6, 6.07) is 3.01. The van der Waals surface area contributed by atoms with E-state index in [1.807, 2.05) is 0 Å². The molecule has 1 aromatic heterocycles. The molecule has 1 unspecified atom stereocenters. The lowest BCUT2D eigenvalue weighted by atomic mass is 9.78. The highest BCUT2D eigenvalue weighted by atomic mass is 15.3. The van der Waals surface area contributed by atoms with Crippen molar-refractivity contribution in [2.24, 2.45) is 0 Å². The van der Waals surface area contributed by atoms with Gasteiger partial charge in [-0.05, 0) is 32.1 Å². The van der Waals surface area contributed by atoms with E-state index in [2.05, 4.69) is 31.5 Å². The lowest BCUT2D eigenvalue weighted by Crippen LogP contribution is -2.19. The van der Waals surface area contributed by atoms with Crippen LogP contribution in [0.5, 0.6) is 0 Å². The van der Waals surface area contributed by atoms with Crippen LogP contribution in [0, 0.1) is 11.3 Å². The fourth-order valence-electron chi connectivity index (χ4n) is 4.32. The quantitative estimate of drug-likeness (QED) is 0.769. The predicted molar refractivity (Wildman–Crippen MR) is 89.0 cm³/mol. The molecule has 0 aliphatic heterocycles. The Morgan fingerprint density at radius 1 is 1.14 bits per heavy atom. The summed E-state index contributed by atoms with van der Waals surface area (Å²) in [5, 5.41) is 14.3. The van der Waals surface area contributed by atoms with E-state index in [0.29, 0.717) is 18.4 Å². The molecular weight excluding hydrogens is 270 g/mol. The van der Waals surface area contributed by atoms with E-state index in [-0.39, 0.29) is 5.41 Å². The van der Waals surface area contributed by atoms with Crippen LogP contribution in [0.4, 0.5) is 0 Å². The number of rotatable bonds is 2. The second-order valence-corrected chi connectivity index (χ2v) is 8.15. The minimum atomic E-state index is 0.0645. The highest BCUT2D eigenvalue weighted by molar-refractivity contribution is 5.37. The van der Waals surface area contributed by atoms with Crippen molar-refractivity contribution in [1.82, 2.24) is 9.78 Å². The third kappa shape index (κ3) is 2.81. The fourth-order valence-corrected chi connectivity index (χ4v) is 4.32. The molecule has 3 nitrogen and oxygen atoms in total. The Bertz CT molecular complexity index is 565. The van der Waals surface area contributed by atoms with Crippen LogP contribution in [0.25, 0.3) is 0 Å². The van der Waals surface area contributed by atoms with Crippen molar-refractivity contribution >= 4 is 0 Å². The van der Waals surface area contributed by atoms with Gasteiger partial charge in [0.2, 0.25) is 0 Å². The van der Waals surface area contributed by atoms with Crippen LogP contribution in [-0.4, -0.2) is 9.78 Å². The number of hydrogen-bond donors (Lipinski definition) is 0. The first-order valence-electron chi connectivity index (χ1n) is 9.01. The maximum Gasteiger partial charge on any atom is 0.0716 e. The molecule has 1 aromatic rings. The molecule has 2 aliphatic carbocycles. The molecule has 0 saturated heterocycles. The largest absolute Gasteiger partial charge is 0.266 e. The van der Waals surface area contributed by atoms with E-state index in [1.165, 1.54) is 55.5 Å². The maximum absolute atomic E-state index is 9.22. The molecule has 0 aromatic carbocycles. The second kappa shape index (κ2) is 6.07. The highest BCUT2D eigenvalue weighted by Crippen LogP contribution is 2.42. The first-order valence-corrected chi connectivity index (χ1v) is 9.01. The standard InChI is InChI=1S/C19H29N3/c1-19(2,3)18-17-14(12-13-20)8-7-11-16(17)22(21-18)15-9-5-4-6-10-15/h14-15H,4-12H2,1-3H3. The number of nitrogens with zero attached hydrogens (tertiary/aromatic N) is 3. The molecule has 0 amide bonds. The summed E-state index contributed by atoms with van der Waals surface area (Å²) in [5.74, 6) is 0.403. The molecule has 3 heteroatoms. The van der Waals surface area contributed by atoms with Gasteiger partial charge < -0.3 is 0 Å². The molecule has 0 spiro atoms. The van der Waals surface area contributed by atoms with Gasteiger partial charge in [-0.25, -0.2) is 0 Å². The Morgan fingerprint density at radius 3 is 2.50 bits per heavy atom. The Morgan fingerprint density at radius 2 is 1.86 bits per heavy atom. The van der Waals surface area contributed by atoms with Gasteiger partial charge in [-0.15, -0.1) is 0 Å². The Labute approximate surface area is 134 Å². The first kappa shape index (κ1) is 15.6. The van der Waals surface area contributed by atoms with Gasteiger partial charge in [-0.2, -0.15) is 10.4 Å². The van der Waals surface area contributed by atoms with E-state index >= 15 is 0 Å². The summed E-state index contributed by atoms with van der Waals surface area (Å²) in [6.45, 7) is 6.79. The second-order valence-electron chi connectivity index (χ2n) is 8.15. The van der Waals surface area contributed by atoms with Crippen LogP contribution in [0.1, 0.15) is 101 Å². The van der Waals surface area contributed by atoms with Gasteiger partial charge in [0, 0.05) is 29.0 Å². The average molecular weight is 299 g/mol. The van der Waals surface area contributed by atoms with Crippen molar-refractivity contribution in [2.75, 3.05) is 0 Å². The van der Waals surface area contributed by atoms with Crippen LogP contribution in [-0.2, 0) is 11.8 Å². The molecule has 0 N–H and O–H groups in total. The minimum absolute atomic E-state index is 0.0645. The van der Waals surface area contributed by atoms with Gasteiger partial charge in [-0.1, -0.05) is 40.0 Å². The van der Waals surface area contributed by atoms with E-state index in [9.17, 15) is 5.26 Å². The predicted octanol–water partition coefficient (Wildman–Crippen LogP) is 5.02. The van der Waals surface area contributed by atoms with Crippen LogP contribution in [0.2, 0.25) is 0 Å². The van der Waals surface area contributed by atoms with Gasteiger partial charge in [-0.3, -0.25) is 4.68 Å². The van der Waals surface area contributed by atoms with Gasteiger partial charge >= 0.3 is 0 Å². The van der Waals surface area contributed by atoms with E-state index in [0.717, 1.165) is 12.8 Å². The smallest absolute Gasteiger partial charge is 0.0716 e. The lowest BCUT2D eigenvalue weighted by Gasteiger charge is -2.27. The monoisotopic (exact) mass is 299 g/mol. The molecule has 1 heterocycles. The zero-order valence-electron chi connectivity index (χ0n) is 14.4. The molecule has 0 bridgehead atoms. The molecule has 1 fully saturated rings. The van der Waals surface area contributed by atoms with Crippen LogP contribution < -0.4 is 0 Å². The van der Waals surface area contributed by atoms with Gasteiger partial charge in [0.25, 0.3) is 0 Å². The van der Waals surface area contributed by atoms with E-state index < -0.39 is 0 Å². The Kier molecular flexibility index (Phi) is 4.30. The number of aromatic nitrogens is 2. The SMILES string of the molecule is CC(C)(C)c1nn(C2CCCCC2)c2c1C(CC#N)CCC2. The summed E-state index contributed by atoms with van der Waals surface area (Å²) in [7, 11) is 0. The molecule has 3 rings (SSSR count). The van der Waals surface area contributed by atoms with Crippen molar-refractivity contribution in [2.45, 2.75) is 95.9 Å². The molecule has 120 valence electrons. The van der Waals surface area contributed by atoms with Crippen molar-refractivity contribution in [1.29, 1.82) is 5.26 Å². The maximum atomic E-state index is 9.22. The van der Waals surface area contributed by atoms with Crippen molar-refractivity contribution in [3.8, 4) is 6.07 Å². The normalized spacial score (nSPS) is 23.1. The van der Waals surface area contributed by atoms with Crippen molar-refractivity contribution in [3.63, 3.8) is 0 Å². The molecule has 1 saturated carbocycles. The zero-order chi connectivity index (χ0) is 15.7. The molecule has 22 heavy (non-hydrogen) atoms. The van der Waals surface area contributed by atoms with Crippen LogP contribution in [0.15, 0.2) is 0 Å². The number of fused-ring (bicyclic) bond motifs is 1. The Hall–Kier alpha value is -1.30. The summed E-state index contributed by atoms with van der Waals surface area (Å²) in [6.07, 6.45) is 10.8. The van der Waals surface area contributed by atoms with Crippen molar-refractivity contribution in [3.05, 3.63) is 17.0 Å². The van der Waals surface area contributed by atoms with Gasteiger partial charge in [0.05, 0.1) is 17.8 Å². The van der Waals surface area contributed by atoms with Crippen LogP contribution in [0.3, 0.4) is 0 Å². The fraction of sp³-hybridized carbons (Fsp3) is 0.789. The third-order valence-corrected chi connectivity index (χ3v) is 5.39. The third-order valence-electron chi connectivity index (χ3n) is 5.39. The zero-order valence-corrected chi connectivity index (χ0v) is 14.4. The average Bonchev–Trinajstić information content (AvgIpc) is 2.89. The lowest BCUT2D eigenvalue weighted by molar-refractivity contribution is 0.316. The van der Waals surface area contributed by atoms with Crippen molar-refractivity contribution < 1.29 is 0 Å². The van der Waals surface area contributed by atoms with E-state index in [1.54, 1.807) is 0 Å². The van der Waals surface area contributed by atoms with Crippen LogP contribution >= 0.6 is 0 Å². The first-order chi connectivity index (χ1) is 10.5. The Balaban J connectivity index is 2.07. The molecule has 2 aliphatic rings. The van der Waals surface area contributed by atoms with E-state index in [4.69, 9.17) is 5.10 Å².